The van der Waals surface area contributed by atoms with Gasteiger partial charge in [0, 0.05) is 0 Å². The fraction of sp³-hybridized carbons (Fsp3) is 0.143. The minimum Gasteiger partial charge on any atom is -0.495 e. The molecule has 0 aliphatic rings. The van der Waals surface area contributed by atoms with E-state index in [-0.39, 0.29) is 15.6 Å². The van der Waals surface area contributed by atoms with Crippen molar-refractivity contribution in [3.63, 3.8) is 0 Å². The Balaban J connectivity index is 2.37. The number of hydrogen-bond donors (Lipinski definition) is 1. The van der Waals surface area contributed by atoms with Gasteiger partial charge in [-0.05, 0) is 42.8 Å². The zero-order valence-electron chi connectivity index (χ0n) is 11.4. The molecule has 7 heteroatoms. The Morgan fingerprint density at radius 3 is 2.52 bits per heavy atom. The van der Waals surface area contributed by atoms with Gasteiger partial charge in [0.2, 0.25) is 0 Å². The van der Waals surface area contributed by atoms with Crippen molar-refractivity contribution in [3.8, 4) is 5.75 Å². The number of ether oxygens (including phenoxy) is 1. The summed E-state index contributed by atoms with van der Waals surface area (Å²) >= 11 is 5.94. The summed E-state index contributed by atoms with van der Waals surface area (Å²) in [6.45, 7) is 1.59. The van der Waals surface area contributed by atoms with Crippen LogP contribution in [0.1, 0.15) is 5.56 Å². The SMILES string of the molecule is COc1ccc(NS(=O)(=O)c2cc(F)ccc2C)cc1Cl. The number of nitrogens with one attached hydrogen (secondary N) is 1. The highest BCUT2D eigenvalue weighted by molar-refractivity contribution is 7.92. The first-order chi connectivity index (χ1) is 9.83. The molecular weight excluding hydrogens is 317 g/mol. The van der Waals surface area contributed by atoms with Gasteiger partial charge in [-0.15, -0.1) is 0 Å². The second-order valence-corrected chi connectivity index (χ2v) is 6.42. The molecule has 112 valence electrons. The summed E-state index contributed by atoms with van der Waals surface area (Å²) in [5.74, 6) is -0.185. The van der Waals surface area contributed by atoms with Gasteiger partial charge in [-0.1, -0.05) is 17.7 Å². The van der Waals surface area contributed by atoms with Gasteiger partial charge in [-0.2, -0.15) is 0 Å². The molecule has 0 heterocycles. The van der Waals surface area contributed by atoms with E-state index in [1.165, 1.54) is 31.4 Å². The molecule has 0 saturated carbocycles. The molecule has 0 aliphatic heterocycles. The van der Waals surface area contributed by atoms with E-state index in [9.17, 15) is 12.8 Å². The number of halogens is 2. The van der Waals surface area contributed by atoms with Gasteiger partial charge in [-0.3, -0.25) is 4.72 Å². The summed E-state index contributed by atoms with van der Waals surface area (Å²) < 4.78 is 45.2. The molecule has 2 aromatic rings. The summed E-state index contributed by atoms with van der Waals surface area (Å²) in [6.07, 6.45) is 0. The molecule has 0 bridgehead atoms. The molecule has 21 heavy (non-hydrogen) atoms. The summed E-state index contributed by atoms with van der Waals surface area (Å²) in [6, 6.07) is 8.06. The third kappa shape index (κ3) is 3.46. The Bertz CT molecular complexity index is 778. The number of rotatable bonds is 4. The van der Waals surface area contributed by atoms with Crippen LogP contribution in [0.5, 0.6) is 5.75 Å². The minimum atomic E-state index is -3.89. The van der Waals surface area contributed by atoms with E-state index in [2.05, 4.69) is 4.72 Å². The minimum absolute atomic E-state index is 0.116. The third-order valence-electron chi connectivity index (χ3n) is 2.84. The predicted octanol–water partition coefficient (Wildman–Crippen LogP) is 3.60. The topological polar surface area (TPSA) is 55.4 Å². The number of sulfonamides is 1. The lowest BCUT2D eigenvalue weighted by Crippen LogP contribution is -2.14. The van der Waals surface area contributed by atoms with Crippen LogP contribution in [0.15, 0.2) is 41.3 Å². The van der Waals surface area contributed by atoms with Crippen molar-refractivity contribution in [1.29, 1.82) is 0 Å². The zero-order valence-corrected chi connectivity index (χ0v) is 12.9. The summed E-state index contributed by atoms with van der Waals surface area (Å²) in [5, 5.41) is 0.272. The highest BCUT2D eigenvalue weighted by Crippen LogP contribution is 2.28. The van der Waals surface area contributed by atoms with Crippen LogP contribution in [-0.2, 0) is 10.0 Å². The lowest BCUT2D eigenvalue weighted by Gasteiger charge is -2.11. The number of hydrogen-bond acceptors (Lipinski definition) is 3. The van der Waals surface area contributed by atoms with Gasteiger partial charge >= 0.3 is 0 Å². The van der Waals surface area contributed by atoms with Crippen molar-refractivity contribution in [2.75, 3.05) is 11.8 Å². The summed E-state index contributed by atoms with van der Waals surface area (Å²) in [7, 11) is -2.43. The molecule has 0 aromatic heterocycles. The van der Waals surface area contributed by atoms with Gasteiger partial charge in [0.15, 0.2) is 0 Å². The molecule has 0 unspecified atom stereocenters. The first kappa shape index (κ1) is 15.6. The highest BCUT2D eigenvalue weighted by Gasteiger charge is 2.18. The van der Waals surface area contributed by atoms with Gasteiger partial charge in [0.25, 0.3) is 10.0 Å². The molecule has 0 spiro atoms. The fourth-order valence-corrected chi connectivity index (χ4v) is 3.37. The van der Waals surface area contributed by atoms with Crippen molar-refractivity contribution in [2.24, 2.45) is 0 Å². The number of methoxy groups -OCH3 is 1. The second kappa shape index (κ2) is 5.91. The van der Waals surface area contributed by atoms with Crippen molar-refractivity contribution in [1.82, 2.24) is 0 Å². The lowest BCUT2D eigenvalue weighted by atomic mass is 10.2. The van der Waals surface area contributed by atoms with E-state index in [0.717, 1.165) is 6.07 Å². The van der Waals surface area contributed by atoms with Gasteiger partial charge in [-0.25, -0.2) is 12.8 Å². The molecule has 0 fully saturated rings. The van der Waals surface area contributed by atoms with E-state index in [4.69, 9.17) is 16.3 Å². The molecule has 0 atom stereocenters. The van der Waals surface area contributed by atoms with Crippen LogP contribution >= 0.6 is 11.6 Å². The maximum Gasteiger partial charge on any atom is 0.262 e. The molecule has 1 N–H and O–H groups in total. The average molecular weight is 330 g/mol. The molecular formula is C14H13ClFNO3S. The molecule has 2 aromatic carbocycles. The summed E-state index contributed by atoms with van der Waals surface area (Å²) in [4.78, 5) is -0.116. The van der Waals surface area contributed by atoms with E-state index in [1.54, 1.807) is 13.0 Å². The van der Waals surface area contributed by atoms with Crippen LogP contribution in [0, 0.1) is 12.7 Å². The Labute approximate surface area is 127 Å². The number of aryl methyl sites for hydroxylation is 1. The summed E-state index contributed by atoms with van der Waals surface area (Å²) in [5.41, 5.74) is 0.716. The van der Waals surface area contributed by atoms with Crippen LogP contribution < -0.4 is 9.46 Å². The lowest BCUT2D eigenvalue weighted by molar-refractivity contribution is 0.415. The van der Waals surface area contributed by atoms with Crippen molar-refractivity contribution < 1.29 is 17.5 Å². The fourth-order valence-electron chi connectivity index (χ4n) is 1.80. The van der Waals surface area contributed by atoms with E-state index in [0.29, 0.717) is 11.3 Å². The second-order valence-electron chi connectivity index (χ2n) is 4.36. The first-order valence-electron chi connectivity index (χ1n) is 5.96. The predicted molar refractivity (Wildman–Crippen MR) is 79.9 cm³/mol. The monoisotopic (exact) mass is 329 g/mol. The Hall–Kier alpha value is -1.79. The highest BCUT2D eigenvalue weighted by atomic mass is 35.5. The van der Waals surface area contributed by atoms with Gasteiger partial charge in [0.05, 0.1) is 22.7 Å². The van der Waals surface area contributed by atoms with E-state index >= 15 is 0 Å². The van der Waals surface area contributed by atoms with Crippen LogP contribution in [0.3, 0.4) is 0 Å². The molecule has 4 nitrogen and oxygen atoms in total. The smallest absolute Gasteiger partial charge is 0.262 e. The zero-order chi connectivity index (χ0) is 15.6. The quantitative estimate of drug-likeness (QED) is 0.932. The molecule has 0 amide bonds. The molecule has 2 rings (SSSR count). The third-order valence-corrected chi connectivity index (χ3v) is 4.66. The maximum atomic E-state index is 13.2. The molecule has 0 saturated heterocycles. The van der Waals surface area contributed by atoms with E-state index < -0.39 is 15.8 Å². The first-order valence-corrected chi connectivity index (χ1v) is 7.82. The van der Waals surface area contributed by atoms with Crippen LogP contribution in [0.2, 0.25) is 5.02 Å². The van der Waals surface area contributed by atoms with Crippen LogP contribution in [0.4, 0.5) is 10.1 Å². The van der Waals surface area contributed by atoms with Crippen molar-refractivity contribution in [2.45, 2.75) is 11.8 Å². The largest absolute Gasteiger partial charge is 0.495 e. The maximum absolute atomic E-state index is 13.2. The van der Waals surface area contributed by atoms with Crippen molar-refractivity contribution >= 4 is 27.3 Å². The average Bonchev–Trinajstić information content (AvgIpc) is 2.41. The standard InChI is InChI=1S/C14H13ClFNO3S/c1-9-3-4-10(16)7-14(9)21(18,19)17-11-5-6-13(20-2)12(15)8-11/h3-8,17H,1-2H3. The van der Waals surface area contributed by atoms with Crippen molar-refractivity contribution in [3.05, 3.63) is 52.8 Å². The molecule has 0 radical (unpaired) electrons. The Kier molecular flexibility index (Phi) is 4.39. The van der Waals surface area contributed by atoms with Crippen LogP contribution in [-0.4, -0.2) is 15.5 Å². The van der Waals surface area contributed by atoms with Crippen LogP contribution in [0.25, 0.3) is 0 Å². The molecule has 0 aliphatic carbocycles. The number of benzene rings is 2. The number of anilines is 1. The Morgan fingerprint density at radius 2 is 1.90 bits per heavy atom. The van der Waals surface area contributed by atoms with Gasteiger partial charge in [0.1, 0.15) is 11.6 Å². The van der Waals surface area contributed by atoms with E-state index in [1.807, 2.05) is 0 Å². The normalized spacial score (nSPS) is 11.2. The Morgan fingerprint density at radius 1 is 1.19 bits per heavy atom. The van der Waals surface area contributed by atoms with Gasteiger partial charge < -0.3 is 4.74 Å².